The van der Waals surface area contributed by atoms with E-state index >= 15 is 0 Å². The van der Waals surface area contributed by atoms with Crippen LogP contribution in [0.15, 0.2) is 46.2 Å². The van der Waals surface area contributed by atoms with Crippen molar-refractivity contribution in [3.05, 3.63) is 41.6 Å². The summed E-state index contributed by atoms with van der Waals surface area (Å²) >= 11 is 7.29. The van der Waals surface area contributed by atoms with Gasteiger partial charge >= 0.3 is 0 Å². The van der Waals surface area contributed by atoms with E-state index in [1.807, 2.05) is 7.05 Å². The smallest absolute Gasteiger partial charge is 0.237 e. The van der Waals surface area contributed by atoms with Crippen LogP contribution in [0.3, 0.4) is 0 Å². The van der Waals surface area contributed by atoms with Crippen LogP contribution < -0.4 is 10.1 Å². The van der Waals surface area contributed by atoms with Crippen molar-refractivity contribution >= 4 is 35.0 Å². The van der Waals surface area contributed by atoms with Gasteiger partial charge < -0.3 is 19.0 Å². The average Bonchev–Trinajstić information content (AvgIpc) is 3.25. The molecule has 0 saturated carbocycles. The first-order valence-electron chi connectivity index (χ1n) is 7.74. The maximum Gasteiger partial charge on any atom is 0.237 e. The van der Waals surface area contributed by atoms with Crippen molar-refractivity contribution in [1.82, 2.24) is 14.8 Å². The molecular weight excluding hydrogens is 376 g/mol. The zero-order chi connectivity index (χ0) is 18.7. The number of anilines is 1. The number of carbonyl (C=O) groups is 1. The molecule has 26 heavy (non-hydrogen) atoms. The van der Waals surface area contributed by atoms with E-state index in [0.717, 1.165) is 0 Å². The summed E-state index contributed by atoms with van der Waals surface area (Å²) in [5.41, 5.74) is 0.520. The van der Waals surface area contributed by atoms with Gasteiger partial charge in [-0.05, 0) is 37.3 Å². The van der Waals surface area contributed by atoms with E-state index in [1.54, 1.807) is 48.1 Å². The van der Waals surface area contributed by atoms with Crippen LogP contribution in [0.4, 0.5) is 5.69 Å². The highest BCUT2D eigenvalue weighted by Crippen LogP contribution is 2.30. The maximum atomic E-state index is 12.5. The topological polar surface area (TPSA) is 82.2 Å². The lowest BCUT2D eigenvalue weighted by Gasteiger charge is -2.14. The third-order valence-electron chi connectivity index (χ3n) is 3.65. The first kappa shape index (κ1) is 18.3. The molecule has 7 nitrogen and oxygen atoms in total. The summed E-state index contributed by atoms with van der Waals surface area (Å²) in [6, 6.07) is 8.64. The van der Waals surface area contributed by atoms with E-state index in [4.69, 9.17) is 20.8 Å². The van der Waals surface area contributed by atoms with Crippen molar-refractivity contribution in [1.29, 1.82) is 0 Å². The molecule has 9 heteroatoms. The second kappa shape index (κ2) is 7.84. The summed E-state index contributed by atoms with van der Waals surface area (Å²) in [5, 5.41) is 11.8. The van der Waals surface area contributed by atoms with Crippen molar-refractivity contribution in [2.45, 2.75) is 17.3 Å². The third kappa shape index (κ3) is 3.86. The largest absolute Gasteiger partial charge is 0.495 e. The molecule has 0 aliphatic rings. The molecule has 0 bridgehead atoms. The number of ether oxygens (including phenoxy) is 1. The normalized spacial score (nSPS) is 12.0. The average molecular weight is 393 g/mol. The highest BCUT2D eigenvalue weighted by Gasteiger charge is 2.21. The van der Waals surface area contributed by atoms with Gasteiger partial charge in [-0.2, -0.15) is 0 Å². The maximum absolute atomic E-state index is 12.5. The van der Waals surface area contributed by atoms with Gasteiger partial charge in [0.15, 0.2) is 16.7 Å². The van der Waals surface area contributed by atoms with Crippen LogP contribution in [-0.2, 0) is 11.8 Å². The molecule has 0 radical (unpaired) electrons. The number of carbonyl (C=O) groups excluding carboxylic acids is 1. The third-order valence-corrected chi connectivity index (χ3v) is 5.02. The standard InChI is InChI=1S/C17H17ClN4O3S/c1-10(16(23)19-12-9-11(18)6-7-13(12)24-3)26-17-21-20-15(22(17)2)14-5-4-8-25-14/h4-10H,1-3H3,(H,19,23). The Hall–Kier alpha value is -2.45. The fourth-order valence-corrected chi connectivity index (χ4v) is 3.25. The lowest BCUT2D eigenvalue weighted by atomic mass is 10.3. The van der Waals surface area contributed by atoms with E-state index < -0.39 is 5.25 Å². The van der Waals surface area contributed by atoms with Crippen molar-refractivity contribution in [2.75, 3.05) is 12.4 Å². The minimum atomic E-state index is -0.411. The van der Waals surface area contributed by atoms with Crippen LogP contribution in [0.25, 0.3) is 11.6 Å². The second-order valence-electron chi connectivity index (χ2n) is 5.44. The minimum absolute atomic E-state index is 0.196. The summed E-state index contributed by atoms with van der Waals surface area (Å²) in [6.45, 7) is 1.79. The van der Waals surface area contributed by atoms with E-state index in [2.05, 4.69) is 15.5 Å². The SMILES string of the molecule is COc1ccc(Cl)cc1NC(=O)C(C)Sc1nnc(-c2ccco2)n1C. The molecule has 1 atom stereocenters. The van der Waals surface area contributed by atoms with Gasteiger partial charge in [0.2, 0.25) is 5.91 Å². The van der Waals surface area contributed by atoms with Crippen LogP contribution >= 0.6 is 23.4 Å². The Morgan fingerprint density at radius 3 is 2.88 bits per heavy atom. The van der Waals surface area contributed by atoms with Crippen LogP contribution in [0.2, 0.25) is 5.02 Å². The highest BCUT2D eigenvalue weighted by molar-refractivity contribution is 8.00. The number of methoxy groups -OCH3 is 1. The summed E-state index contributed by atoms with van der Waals surface area (Å²) in [6.07, 6.45) is 1.57. The van der Waals surface area contributed by atoms with Gasteiger partial charge in [0.1, 0.15) is 5.75 Å². The van der Waals surface area contributed by atoms with Gasteiger partial charge in [-0.25, -0.2) is 0 Å². The fourth-order valence-electron chi connectivity index (χ4n) is 2.26. The molecule has 0 spiro atoms. The lowest BCUT2D eigenvalue weighted by molar-refractivity contribution is -0.115. The molecule has 1 unspecified atom stereocenters. The van der Waals surface area contributed by atoms with Gasteiger partial charge in [-0.1, -0.05) is 23.4 Å². The Labute approximate surface area is 159 Å². The summed E-state index contributed by atoms with van der Waals surface area (Å²) in [4.78, 5) is 12.5. The van der Waals surface area contributed by atoms with Gasteiger partial charge in [0.05, 0.1) is 24.3 Å². The zero-order valence-corrected chi connectivity index (χ0v) is 16.0. The fraction of sp³-hybridized carbons (Fsp3) is 0.235. The number of halogens is 1. The van der Waals surface area contributed by atoms with E-state index in [9.17, 15) is 4.79 Å². The molecule has 0 aliphatic heterocycles. The van der Waals surface area contributed by atoms with Crippen LogP contribution in [0.5, 0.6) is 5.75 Å². The Bertz CT molecular complexity index is 911. The molecule has 136 valence electrons. The van der Waals surface area contributed by atoms with Crippen molar-refractivity contribution in [2.24, 2.45) is 7.05 Å². The monoisotopic (exact) mass is 392 g/mol. The number of benzene rings is 1. The molecule has 0 fully saturated rings. The van der Waals surface area contributed by atoms with Gasteiger partial charge in [-0.15, -0.1) is 10.2 Å². The predicted molar refractivity (Wildman–Crippen MR) is 101 cm³/mol. The number of furan rings is 1. The first-order chi connectivity index (χ1) is 12.5. The van der Waals surface area contributed by atoms with Gasteiger partial charge in [0.25, 0.3) is 0 Å². The quantitative estimate of drug-likeness (QED) is 0.641. The molecule has 1 N–H and O–H groups in total. The van der Waals surface area contributed by atoms with Crippen molar-refractivity contribution in [3.8, 4) is 17.3 Å². The van der Waals surface area contributed by atoms with E-state index in [1.165, 1.54) is 18.9 Å². The molecule has 0 saturated heterocycles. The molecule has 0 aliphatic carbocycles. The molecule has 3 aromatic rings. The Balaban J connectivity index is 1.71. The summed E-state index contributed by atoms with van der Waals surface area (Å²) < 4.78 is 12.4. The minimum Gasteiger partial charge on any atom is -0.495 e. The van der Waals surface area contributed by atoms with Gasteiger partial charge in [0, 0.05) is 12.1 Å². The van der Waals surface area contributed by atoms with Crippen molar-refractivity contribution < 1.29 is 13.9 Å². The number of aromatic nitrogens is 3. The lowest BCUT2D eigenvalue weighted by Crippen LogP contribution is -2.23. The molecule has 2 aromatic heterocycles. The molecule has 2 heterocycles. The van der Waals surface area contributed by atoms with E-state index in [-0.39, 0.29) is 5.91 Å². The van der Waals surface area contributed by atoms with E-state index in [0.29, 0.717) is 33.2 Å². The summed E-state index contributed by atoms with van der Waals surface area (Å²) in [7, 11) is 3.36. The number of hydrogen-bond acceptors (Lipinski definition) is 6. The Kier molecular flexibility index (Phi) is 5.53. The number of nitrogens with one attached hydrogen (secondary N) is 1. The Morgan fingerprint density at radius 1 is 1.38 bits per heavy atom. The van der Waals surface area contributed by atoms with Crippen LogP contribution in [0, 0.1) is 0 Å². The van der Waals surface area contributed by atoms with Crippen LogP contribution in [-0.4, -0.2) is 33.0 Å². The first-order valence-corrected chi connectivity index (χ1v) is 8.99. The number of thioether (sulfide) groups is 1. The number of nitrogens with zero attached hydrogens (tertiary/aromatic N) is 3. The summed E-state index contributed by atoms with van der Waals surface area (Å²) in [5.74, 6) is 1.56. The van der Waals surface area contributed by atoms with Crippen molar-refractivity contribution in [3.63, 3.8) is 0 Å². The predicted octanol–water partition coefficient (Wildman–Crippen LogP) is 3.86. The Morgan fingerprint density at radius 2 is 2.19 bits per heavy atom. The van der Waals surface area contributed by atoms with Gasteiger partial charge in [-0.3, -0.25) is 4.79 Å². The second-order valence-corrected chi connectivity index (χ2v) is 7.18. The molecule has 3 rings (SSSR count). The number of amides is 1. The number of hydrogen-bond donors (Lipinski definition) is 1. The molecular formula is C17H17ClN4O3S. The van der Waals surface area contributed by atoms with Crippen LogP contribution in [0.1, 0.15) is 6.92 Å². The highest BCUT2D eigenvalue weighted by atomic mass is 35.5. The molecule has 1 amide bonds. The number of rotatable bonds is 6. The molecule has 1 aromatic carbocycles. The zero-order valence-electron chi connectivity index (χ0n) is 14.4.